The summed E-state index contributed by atoms with van der Waals surface area (Å²) in [4.78, 5) is 7.17. The van der Waals surface area contributed by atoms with Crippen LogP contribution in [0.2, 0.25) is 0 Å². The third kappa shape index (κ3) is 4.51. The molecule has 0 aliphatic carbocycles. The molecule has 3 unspecified atom stereocenters. The van der Waals surface area contributed by atoms with Crippen LogP contribution in [0.4, 0.5) is 0 Å². The lowest BCUT2D eigenvalue weighted by Crippen LogP contribution is -2.59. The molecule has 3 atom stereocenters. The van der Waals surface area contributed by atoms with Crippen molar-refractivity contribution >= 4 is 15.9 Å². The van der Waals surface area contributed by atoms with E-state index in [1.54, 1.807) is 0 Å². The fourth-order valence-electron chi connectivity index (χ4n) is 3.07. The monoisotopic (exact) mass is 353 g/mol. The summed E-state index contributed by atoms with van der Waals surface area (Å²) in [5.74, 6) is 1.38. The maximum atomic E-state index is 4.55. The number of aromatic nitrogens is 1. The van der Waals surface area contributed by atoms with Crippen molar-refractivity contribution in [1.29, 1.82) is 0 Å². The van der Waals surface area contributed by atoms with Crippen molar-refractivity contribution in [2.45, 2.75) is 52.7 Å². The zero-order valence-electron chi connectivity index (χ0n) is 13.6. The SMILES string of the molecule is CCC(C)C1CN(Cc2ccc(Br)cn2)C(C(C)C)CN1. The van der Waals surface area contributed by atoms with Gasteiger partial charge in [0, 0.05) is 42.4 Å². The van der Waals surface area contributed by atoms with Crippen molar-refractivity contribution in [2.24, 2.45) is 11.8 Å². The molecule has 1 fully saturated rings. The fourth-order valence-corrected chi connectivity index (χ4v) is 3.30. The average Bonchev–Trinajstić information content (AvgIpc) is 2.48. The van der Waals surface area contributed by atoms with Crippen LogP contribution in [0.3, 0.4) is 0 Å². The van der Waals surface area contributed by atoms with Gasteiger partial charge in [-0.1, -0.05) is 34.1 Å². The van der Waals surface area contributed by atoms with Gasteiger partial charge in [-0.05, 0) is 39.9 Å². The van der Waals surface area contributed by atoms with Gasteiger partial charge in [0.15, 0.2) is 0 Å². The van der Waals surface area contributed by atoms with Crippen molar-refractivity contribution < 1.29 is 0 Å². The highest BCUT2D eigenvalue weighted by atomic mass is 79.9. The maximum absolute atomic E-state index is 4.55. The zero-order valence-corrected chi connectivity index (χ0v) is 15.2. The molecule has 1 aromatic rings. The normalized spacial score (nSPS) is 25.2. The molecule has 3 nitrogen and oxygen atoms in total. The first kappa shape index (κ1) is 16.9. The predicted molar refractivity (Wildman–Crippen MR) is 92.2 cm³/mol. The van der Waals surface area contributed by atoms with Crippen LogP contribution >= 0.6 is 15.9 Å². The van der Waals surface area contributed by atoms with Crippen LogP contribution in [0.25, 0.3) is 0 Å². The van der Waals surface area contributed by atoms with Crippen LogP contribution < -0.4 is 5.32 Å². The van der Waals surface area contributed by atoms with Gasteiger partial charge in [0.2, 0.25) is 0 Å². The number of hydrogen-bond acceptors (Lipinski definition) is 3. The molecule has 2 heterocycles. The maximum Gasteiger partial charge on any atom is 0.0544 e. The second-order valence-corrected chi connectivity index (χ2v) is 7.52. The van der Waals surface area contributed by atoms with Gasteiger partial charge in [0.1, 0.15) is 0 Å². The van der Waals surface area contributed by atoms with Crippen LogP contribution in [-0.4, -0.2) is 35.1 Å². The topological polar surface area (TPSA) is 28.2 Å². The summed E-state index contributed by atoms with van der Waals surface area (Å²) in [6.45, 7) is 12.4. The van der Waals surface area contributed by atoms with Crippen LogP contribution in [0.1, 0.15) is 39.8 Å². The Morgan fingerprint density at radius 3 is 2.71 bits per heavy atom. The number of rotatable bonds is 5. The zero-order chi connectivity index (χ0) is 15.4. The molecule has 0 aromatic carbocycles. The summed E-state index contributed by atoms with van der Waals surface area (Å²) in [6, 6.07) is 5.40. The molecule has 0 amide bonds. The molecule has 118 valence electrons. The largest absolute Gasteiger partial charge is 0.311 e. The van der Waals surface area contributed by atoms with E-state index >= 15 is 0 Å². The third-order valence-electron chi connectivity index (χ3n) is 4.74. The summed E-state index contributed by atoms with van der Waals surface area (Å²) < 4.78 is 1.05. The Morgan fingerprint density at radius 2 is 2.14 bits per heavy atom. The minimum Gasteiger partial charge on any atom is -0.311 e. The molecular weight excluding hydrogens is 326 g/mol. The Kier molecular flexibility index (Phi) is 6.20. The van der Waals surface area contributed by atoms with Gasteiger partial charge in [-0.3, -0.25) is 9.88 Å². The van der Waals surface area contributed by atoms with Crippen LogP contribution in [0.15, 0.2) is 22.8 Å². The van der Waals surface area contributed by atoms with E-state index in [0.29, 0.717) is 18.0 Å². The number of nitrogens with zero attached hydrogens (tertiary/aromatic N) is 2. The molecule has 1 N–H and O–H groups in total. The minimum absolute atomic E-state index is 0.593. The quantitative estimate of drug-likeness (QED) is 0.874. The molecule has 0 saturated carbocycles. The van der Waals surface area contributed by atoms with Crippen molar-refractivity contribution in [2.75, 3.05) is 13.1 Å². The molecule has 0 spiro atoms. The number of nitrogens with one attached hydrogen (secondary N) is 1. The van der Waals surface area contributed by atoms with Gasteiger partial charge < -0.3 is 5.32 Å². The van der Waals surface area contributed by atoms with E-state index in [4.69, 9.17) is 0 Å². The summed E-state index contributed by atoms with van der Waals surface area (Å²) in [7, 11) is 0. The molecule has 0 radical (unpaired) electrons. The number of halogens is 1. The highest BCUT2D eigenvalue weighted by Gasteiger charge is 2.31. The molecule has 4 heteroatoms. The highest BCUT2D eigenvalue weighted by molar-refractivity contribution is 9.10. The minimum atomic E-state index is 0.593. The fraction of sp³-hybridized carbons (Fsp3) is 0.706. The molecule has 21 heavy (non-hydrogen) atoms. The van der Waals surface area contributed by atoms with Gasteiger partial charge in [-0.15, -0.1) is 0 Å². The van der Waals surface area contributed by atoms with Gasteiger partial charge in [-0.25, -0.2) is 0 Å². The Labute approximate surface area is 137 Å². The predicted octanol–water partition coefficient (Wildman–Crippen LogP) is 3.69. The standard InChI is InChI=1S/C17H28BrN3/c1-5-13(4)16-11-21(17(9-20-16)12(2)3)10-15-7-6-14(18)8-19-15/h6-8,12-13,16-17,20H,5,9-11H2,1-4H3. The number of hydrogen-bond donors (Lipinski definition) is 1. The number of piperazine rings is 1. The van der Waals surface area contributed by atoms with E-state index in [2.05, 4.69) is 71.0 Å². The lowest BCUT2D eigenvalue weighted by Gasteiger charge is -2.44. The highest BCUT2D eigenvalue weighted by Crippen LogP contribution is 2.22. The van der Waals surface area contributed by atoms with Crippen molar-refractivity contribution in [3.05, 3.63) is 28.5 Å². The van der Waals surface area contributed by atoms with E-state index in [-0.39, 0.29) is 0 Å². The smallest absolute Gasteiger partial charge is 0.0544 e. The third-order valence-corrected chi connectivity index (χ3v) is 5.21. The van der Waals surface area contributed by atoms with Gasteiger partial charge in [0.25, 0.3) is 0 Å². The molecular formula is C17H28BrN3. The summed E-state index contributed by atoms with van der Waals surface area (Å²) in [5.41, 5.74) is 1.16. The molecule has 1 aliphatic rings. The van der Waals surface area contributed by atoms with Gasteiger partial charge in [-0.2, -0.15) is 0 Å². The Morgan fingerprint density at radius 1 is 1.38 bits per heavy atom. The van der Waals surface area contributed by atoms with Gasteiger partial charge >= 0.3 is 0 Å². The lowest BCUT2D eigenvalue weighted by molar-refractivity contribution is 0.0742. The average molecular weight is 354 g/mol. The Balaban J connectivity index is 2.08. The molecule has 1 saturated heterocycles. The molecule has 0 bridgehead atoms. The van der Waals surface area contributed by atoms with E-state index in [0.717, 1.165) is 35.7 Å². The van der Waals surface area contributed by atoms with E-state index in [1.165, 1.54) is 6.42 Å². The summed E-state index contributed by atoms with van der Waals surface area (Å²) in [6.07, 6.45) is 3.13. The van der Waals surface area contributed by atoms with E-state index in [1.807, 2.05) is 6.20 Å². The van der Waals surface area contributed by atoms with Crippen LogP contribution in [-0.2, 0) is 6.54 Å². The van der Waals surface area contributed by atoms with Crippen LogP contribution in [0, 0.1) is 11.8 Å². The summed E-state index contributed by atoms with van der Waals surface area (Å²) >= 11 is 3.46. The molecule has 1 aromatic heterocycles. The van der Waals surface area contributed by atoms with Gasteiger partial charge in [0.05, 0.1) is 5.69 Å². The first-order valence-electron chi connectivity index (χ1n) is 8.09. The van der Waals surface area contributed by atoms with E-state index < -0.39 is 0 Å². The Bertz CT molecular complexity index is 432. The lowest BCUT2D eigenvalue weighted by atomic mass is 9.92. The summed E-state index contributed by atoms with van der Waals surface area (Å²) in [5, 5.41) is 3.76. The number of pyridine rings is 1. The van der Waals surface area contributed by atoms with Crippen molar-refractivity contribution in [1.82, 2.24) is 15.2 Å². The van der Waals surface area contributed by atoms with Crippen molar-refractivity contribution in [3.63, 3.8) is 0 Å². The van der Waals surface area contributed by atoms with Crippen LogP contribution in [0.5, 0.6) is 0 Å². The second-order valence-electron chi connectivity index (χ2n) is 6.61. The van der Waals surface area contributed by atoms with Crippen molar-refractivity contribution in [3.8, 4) is 0 Å². The second kappa shape index (κ2) is 7.70. The Hall–Kier alpha value is -0.450. The molecule has 2 rings (SSSR count). The van der Waals surface area contributed by atoms with E-state index in [9.17, 15) is 0 Å². The molecule has 1 aliphatic heterocycles. The first-order valence-corrected chi connectivity index (χ1v) is 8.88. The first-order chi connectivity index (χ1) is 10.0.